The summed E-state index contributed by atoms with van der Waals surface area (Å²) < 4.78 is 11.1. The van der Waals surface area contributed by atoms with Gasteiger partial charge in [0.1, 0.15) is 5.92 Å². The predicted molar refractivity (Wildman–Crippen MR) is 107 cm³/mol. The number of phenolic OH excluding ortho intramolecular Hbond substituents is 1. The van der Waals surface area contributed by atoms with E-state index in [9.17, 15) is 10.4 Å². The van der Waals surface area contributed by atoms with Crippen LogP contribution in [0.3, 0.4) is 0 Å². The van der Waals surface area contributed by atoms with Crippen LogP contribution in [0.15, 0.2) is 42.5 Å². The Bertz CT molecular complexity index is 1110. The highest BCUT2D eigenvalue weighted by Crippen LogP contribution is 2.47. The number of benzene rings is 2. The molecule has 29 heavy (non-hydrogen) atoms. The average Bonchev–Trinajstić information content (AvgIpc) is 3.12. The van der Waals surface area contributed by atoms with Gasteiger partial charge < -0.3 is 14.6 Å². The number of aromatic hydroxyl groups is 1. The Hall–Kier alpha value is -3.79. The van der Waals surface area contributed by atoms with Gasteiger partial charge in [0.05, 0.1) is 23.9 Å². The van der Waals surface area contributed by atoms with Crippen LogP contribution in [-0.2, 0) is 0 Å². The summed E-state index contributed by atoms with van der Waals surface area (Å²) in [7, 11) is 0. The molecule has 2 atom stereocenters. The van der Waals surface area contributed by atoms with Gasteiger partial charge >= 0.3 is 0 Å². The molecular formula is C22H20N4O3. The number of nitrogens with one attached hydrogen (secondary N) is 2. The van der Waals surface area contributed by atoms with Gasteiger partial charge in [-0.3, -0.25) is 10.5 Å². The van der Waals surface area contributed by atoms with Crippen molar-refractivity contribution in [3.63, 3.8) is 0 Å². The number of hydrogen-bond donors (Lipinski definition) is 3. The zero-order chi connectivity index (χ0) is 20.5. The largest absolute Gasteiger partial charge is 0.504 e. The lowest BCUT2D eigenvalue weighted by atomic mass is 9.78. The van der Waals surface area contributed by atoms with Crippen molar-refractivity contribution in [2.45, 2.75) is 19.8 Å². The van der Waals surface area contributed by atoms with Gasteiger partial charge in [-0.15, -0.1) is 5.10 Å². The Kier molecular flexibility index (Phi) is 4.69. The third kappa shape index (κ3) is 3.19. The zero-order valence-electron chi connectivity index (χ0n) is 16.1. The third-order valence-electron chi connectivity index (χ3n) is 5.02. The molecule has 1 aliphatic rings. The number of phenols is 1. The second-order valence-corrected chi connectivity index (χ2v) is 6.89. The minimum absolute atomic E-state index is 0.0254. The normalized spacial score (nSPS) is 17.9. The number of fused-ring (bicyclic) bond motifs is 1. The summed E-state index contributed by atoms with van der Waals surface area (Å²) in [5.41, 5.74) is 4.23. The molecule has 3 N–H and O–H groups in total. The first kappa shape index (κ1) is 18.6. The number of aromatic nitrogens is 2. The standard InChI is InChI=1S/C22H20N4O3/c1-3-28-17-10-14(8-9-16(17)27)18-15(11-23)21(24)29-22-19(18)20(25-26-22)13-6-4-12(2)5-7-13/h4-10,15,18,24,27H,3H2,1-2H3,(H,25,26). The summed E-state index contributed by atoms with van der Waals surface area (Å²) >= 11 is 0. The summed E-state index contributed by atoms with van der Waals surface area (Å²) in [6.45, 7) is 4.24. The molecule has 3 aromatic rings. The van der Waals surface area contributed by atoms with Crippen LogP contribution in [0.1, 0.15) is 29.5 Å². The number of H-pyrrole nitrogens is 1. The summed E-state index contributed by atoms with van der Waals surface area (Å²) in [4.78, 5) is 0. The van der Waals surface area contributed by atoms with Crippen LogP contribution in [0.5, 0.6) is 17.4 Å². The van der Waals surface area contributed by atoms with Crippen LogP contribution in [0.2, 0.25) is 0 Å². The summed E-state index contributed by atoms with van der Waals surface area (Å²) in [5.74, 6) is -0.834. The highest BCUT2D eigenvalue weighted by atomic mass is 16.5. The fourth-order valence-corrected chi connectivity index (χ4v) is 3.61. The molecule has 1 aliphatic heterocycles. The fourth-order valence-electron chi connectivity index (χ4n) is 3.61. The quantitative estimate of drug-likeness (QED) is 0.621. The van der Waals surface area contributed by atoms with Crippen LogP contribution in [0.25, 0.3) is 11.3 Å². The molecule has 0 saturated carbocycles. The summed E-state index contributed by atoms with van der Waals surface area (Å²) in [6.07, 6.45) is 0. The van der Waals surface area contributed by atoms with E-state index in [0.717, 1.165) is 22.4 Å². The average molecular weight is 388 g/mol. The van der Waals surface area contributed by atoms with E-state index in [1.54, 1.807) is 18.2 Å². The second kappa shape index (κ2) is 7.32. The molecular weight excluding hydrogens is 368 g/mol. The number of aryl methyl sites for hydroxylation is 1. The Morgan fingerprint density at radius 1 is 1.28 bits per heavy atom. The van der Waals surface area contributed by atoms with E-state index in [4.69, 9.17) is 14.9 Å². The maximum atomic E-state index is 10.1. The van der Waals surface area contributed by atoms with Crippen molar-refractivity contribution in [1.29, 1.82) is 10.7 Å². The molecule has 2 heterocycles. The maximum Gasteiger partial charge on any atom is 0.244 e. The van der Waals surface area contributed by atoms with E-state index in [0.29, 0.717) is 17.9 Å². The molecule has 0 amide bonds. The van der Waals surface area contributed by atoms with E-state index in [-0.39, 0.29) is 17.5 Å². The minimum Gasteiger partial charge on any atom is -0.504 e. The Morgan fingerprint density at radius 3 is 2.72 bits per heavy atom. The summed E-state index contributed by atoms with van der Waals surface area (Å²) in [5, 5.41) is 35.3. The van der Waals surface area contributed by atoms with Gasteiger partial charge in [0.15, 0.2) is 11.5 Å². The van der Waals surface area contributed by atoms with Crippen molar-refractivity contribution in [1.82, 2.24) is 10.2 Å². The van der Waals surface area contributed by atoms with Crippen LogP contribution in [0, 0.1) is 29.6 Å². The van der Waals surface area contributed by atoms with E-state index < -0.39 is 11.8 Å². The minimum atomic E-state index is -0.830. The molecule has 2 unspecified atom stereocenters. The molecule has 0 aliphatic carbocycles. The van der Waals surface area contributed by atoms with Gasteiger partial charge in [-0.1, -0.05) is 35.9 Å². The van der Waals surface area contributed by atoms with Crippen molar-refractivity contribution in [2.24, 2.45) is 5.92 Å². The fraction of sp³-hybridized carbons (Fsp3) is 0.227. The lowest BCUT2D eigenvalue weighted by molar-refractivity contribution is 0.317. The van der Waals surface area contributed by atoms with Crippen molar-refractivity contribution in [2.75, 3.05) is 6.61 Å². The van der Waals surface area contributed by atoms with E-state index in [2.05, 4.69) is 16.3 Å². The highest BCUT2D eigenvalue weighted by molar-refractivity contribution is 5.86. The number of rotatable bonds is 4. The topological polar surface area (TPSA) is 115 Å². The van der Waals surface area contributed by atoms with E-state index in [1.165, 1.54) is 0 Å². The van der Waals surface area contributed by atoms with Gasteiger partial charge in [0.25, 0.3) is 0 Å². The highest BCUT2D eigenvalue weighted by Gasteiger charge is 2.41. The van der Waals surface area contributed by atoms with Gasteiger partial charge in [-0.05, 0) is 37.1 Å². The first-order chi connectivity index (χ1) is 14.0. The van der Waals surface area contributed by atoms with Crippen molar-refractivity contribution >= 4 is 5.90 Å². The first-order valence-corrected chi connectivity index (χ1v) is 9.30. The molecule has 2 aromatic carbocycles. The number of ether oxygens (including phenoxy) is 2. The molecule has 0 radical (unpaired) electrons. The molecule has 7 heteroatoms. The van der Waals surface area contributed by atoms with Crippen LogP contribution >= 0.6 is 0 Å². The van der Waals surface area contributed by atoms with Crippen LogP contribution < -0.4 is 9.47 Å². The lowest BCUT2D eigenvalue weighted by Gasteiger charge is -2.28. The van der Waals surface area contributed by atoms with Crippen LogP contribution in [-0.4, -0.2) is 27.8 Å². The first-order valence-electron chi connectivity index (χ1n) is 9.30. The molecule has 146 valence electrons. The molecule has 1 aromatic heterocycles. The zero-order valence-corrected chi connectivity index (χ0v) is 16.1. The van der Waals surface area contributed by atoms with Gasteiger partial charge in [-0.2, -0.15) is 5.26 Å². The molecule has 0 bridgehead atoms. The van der Waals surface area contributed by atoms with E-state index in [1.807, 2.05) is 38.1 Å². The smallest absolute Gasteiger partial charge is 0.244 e. The number of nitrogens with zero attached hydrogens (tertiary/aromatic N) is 2. The molecule has 0 saturated heterocycles. The molecule has 0 fully saturated rings. The Labute approximate surface area is 168 Å². The maximum absolute atomic E-state index is 10.1. The van der Waals surface area contributed by atoms with Crippen LogP contribution in [0.4, 0.5) is 0 Å². The summed E-state index contributed by atoms with van der Waals surface area (Å²) in [6, 6.07) is 15.1. The molecule has 4 rings (SSSR count). The number of nitriles is 1. The third-order valence-corrected chi connectivity index (χ3v) is 5.02. The monoisotopic (exact) mass is 388 g/mol. The number of hydrogen-bond acceptors (Lipinski definition) is 6. The number of aromatic amines is 1. The van der Waals surface area contributed by atoms with Crippen molar-refractivity contribution in [3.05, 3.63) is 59.2 Å². The van der Waals surface area contributed by atoms with Gasteiger partial charge in [0.2, 0.25) is 11.8 Å². The Morgan fingerprint density at radius 2 is 2.03 bits per heavy atom. The molecule has 0 spiro atoms. The van der Waals surface area contributed by atoms with Crippen molar-refractivity contribution < 1.29 is 14.6 Å². The van der Waals surface area contributed by atoms with Gasteiger partial charge in [0, 0.05) is 5.92 Å². The predicted octanol–water partition coefficient (Wildman–Crippen LogP) is 4.13. The second-order valence-electron chi connectivity index (χ2n) is 6.89. The van der Waals surface area contributed by atoms with Crippen molar-refractivity contribution in [3.8, 4) is 34.7 Å². The van der Waals surface area contributed by atoms with E-state index >= 15 is 0 Å². The SMILES string of the molecule is CCOc1cc(C2c3c(n[nH]c3-c3ccc(C)cc3)OC(=N)C2C#N)ccc1O. The Balaban J connectivity index is 1.91. The van der Waals surface area contributed by atoms with Gasteiger partial charge in [-0.25, -0.2) is 0 Å². The lowest BCUT2D eigenvalue weighted by Crippen LogP contribution is -2.30. The molecule has 7 nitrogen and oxygen atoms in total.